The maximum absolute atomic E-state index is 12.3. The van der Waals surface area contributed by atoms with Gasteiger partial charge in [-0.1, -0.05) is 0 Å². The lowest BCUT2D eigenvalue weighted by molar-refractivity contribution is -0.146. The lowest BCUT2D eigenvalue weighted by atomic mass is 10.1. The van der Waals surface area contributed by atoms with Crippen LogP contribution in [0.25, 0.3) is 0 Å². The van der Waals surface area contributed by atoms with Gasteiger partial charge in [-0.2, -0.15) is 13.2 Å². The van der Waals surface area contributed by atoms with E-state index in [4.69, 9.17) is 5.73 Å². The number of piperazine rings is 1. The lowest BCUT2D eigenvalue weighted by Crippen LogP contribution is -2.49. The van der Waals surface area contributed by atoms with E-state index in [0.29, 0.717) is 26.2 Å². The fourth-order valence-corrected chi connectivity index (χ4v) is 2.27. The molecule has 0 radical (unpaired) electrons. The predicted molar refractivity (Wildman–Crippen MR) is 70.3 cm³/mol. The van der Waals surface area contributed by atoms with Crippen molar-refractivity contribution < 1.29 is 13.2 Å². The Morgan fingerprint density at radius 1 is 1.16 bits per heavy atom. The summed E-state index contributed by atoms with van der Waals surface area (Å²) in [5.41, 5.74) is 8.52. The topological polar surface area (TPSA) is 32.5 Å². The van der Waals surface area contributed by atoms with Crippen molar-refractivity contribution in [2.75, 3.05) is 43.4 Å². The molecule has 1 aliphatic heterocycles. The van der Waals surface area contributed by atoms with Gasteiger partial charge in [-0.05, 0) is 30.7 Å². The summed E-state index contributed by atoms with van der Waals surface area (Å²) >= 11 is 0. The quantitative estimate of drug-likeness (QED) is 0.839. The molecule has 0 bridgehead atoms. The fourth-order valence-electron chi connectivity index (χ4n) is 2.27. The minimum absolute atomic E-state index is 0.433. The van der Waals surface area contributed by atoms with E-state index < -0.39 is 12.7 Å². The molecule has 2 N–H and O–H groups in total. The fraction of sp³-hybridized carbons (Fsp3) is 0.538. The second kappa shape index (κ2) is 5.28. The minimum atomic E-state index is -4.11. The molecular weight excluding hydrogens is 255 g/mol. The van der Waals surface area contributed by atoms with E-state index >= 15 is 0 Å². The summed E-state index contributed by atoms with van der Waals surface area (Å²) in [6.07, 6.45) is -4.11. The zero-order chi connectivity index (χ0) is 14.0. The van der Waals surface area contributed by atoms with Crippen molar-refractivity contribution >= 4 is 11.4 Å². The number of nitrogens with two attached hydrogens (primary N) is 1. The van der Waals surface area contributed by atoms with Crippen molar-refractivity contribution in [1.29, 1.82) is 0 Å². The van der Waals surface area contributed by atoms with E-state index in [-0.39, 0.29) is 0 Å². The maximum atomic E-state index is 12.3. The number of hydrogen-bond acceptors (Lipinski definition) is 3. The Kier molecular flexibility index (Phi) is 3.89. The number of aryl methyl sites for hydroxylation is 1. The summed E-state index contributed by atoms with van der Waals surface area (Å²) in [6.45, 7) is 3.20. The summed E-state index contributed by atoms with van der Waals surface area (Å²) < 4.78 is 36.9. The monoisotopic (exact) mass is 273 g/mol. The number of benzene rings is 1. The van der Waals surface area contributed by atoms with Gasteiger partial charge in [0, 0.05) is 37.6 Å². The van der Waals surface area contributed by atoms with Gasteiger partial charge in [-0.25, -0.2) is 0 Å². The molecule has 1 saturated heterocycles. The van der Waals surface area contributed by atoms with Crippen LogP contribution in [0.1, 0.15) is 5.56 Å². The average Bonchev–Trinajstić information content (AvgIpc) is 2.32. The molecule has 0 aromatic heterocycles. The lowest BCUT2D eigenvalue weighted by Gasteiger charge is -2.36. The number of anilines is 2. The smallest absolute Gasteiger partial charge is 0.399 e. The van der Waals surface area contributed by atoms with Gasteiger partial charge in [0.05, 0.1) is 6.54 Å². The van der Waals surface area contributed by atoms with Crippen LogP contribution in [-0.4, -0.2) is 43.8 Å². The van der Waals surface area contributed by atoms with E-state index in [1.807, 2.05) is 25.1 Å². The third kappa shape index (κ3) is 3.76. The molecule has 0 unspecified atom stereocenters. The molecule has 1 heterocycles. The summed E-state index contributed by atoms with van der Waals surface area (Å²) in [7, 11) is 0. The van der Waals surface area contributed by atoms with Crippen molar-refractivity contribution in [2.45, 2.75) is 13.1 Å². The van der Waals surface area contributed by atoms with Crippen LogP contribution in [0, 0.1) is 6.92 Å². The molecule has 0 aliphatic carbocycles. The molecule has 3 nitrogen and oxygen atoms in total. The first-order valence-corrected chi connectivity index (χ1v) is 6.25. The van der Waals surface area contributed by atoms with Crippen LogP contribution < -0.4 is 10.6 Å². The molecule has 2 rings (SSSR count). The van der Waals surface area contributed by atoms with E-state index in [1.54, 1.807) is 0 Å². The number of halogens is 3. The number of hydrogen-bond donors (Lipinski definition) is 1. The summed E-state index contributed by atoms with van der Waals surface area (Å²) in [5, 5.41) is 0. The molecule has 0 saturated carbocycles. The van der Waals surface area contributed by atoms with Crippen LogP contribution in [-0.2, 0) is 0 Å². The maximum Gasteiger partial charge on any atom is 0.401 e. The summed E-state index contributed by atoms with van der Waals surface area (Å²) in [4.78, 5) is 3.54. The Bertz CT molecular complexity index is 437. The van der Waals surface area contributed by atoms with Crippen molar-refractivity contribution in [3.63, 3.8) is 0 Å². The molecule has 1 aromatic carbocycles. The van der Waals surface area contributed by atoms with Crippen molar-refractivity contribution in [3.8, 4) is 0 Å². The SMILES string of the molecule is Cc1cc(N2CCN(CC(F)(F)F)CC2)ccc1N. The first-order chi connectivity index (χ1) is 8.85. The van der Waals surface area contributed by atoms with E-state index in [9.17, 15) is 13.2 Å². The Hall–Kier alpha value is -1.43. The molecule has 1 aliphatic rings. The van der Waals surface area contributed by atoms with Gasteiger partial charge < -0.3 is 10.6 Å². The molecule has 0 atom stereocenters. The Balaban J connectivity index is 1.94. The van der Waals surface area contributed by atoms with Crippen LogP contribution in [0.4, 0.5) is 24.5 Å². The second-order valence-electron chi connectivity index (χ2n) is 4.92. The Labute approximate surface area is 110 Å². The van der Waals surface area contributed by atoms with Gasteiger partial charge in [0.15, 0.2) is 0 Å². The van der Waals surface area contributed by atoms with Gasteiger partial charge in [0.1, 0.15) is 0 Å². The number of nitrogen functional groups attached to an aromatic ring is 1. The molecule has 1 aromatic rings. The molecule has 1 fully saturated rings. The third-order valence-corrected chi connectivity index (χ3v) is 3.39. The van der Waals surface area contributed by atoms with Crippen LogP contribution in [0.15, 0.2) is 18.2 Å². The normalized spacial score (nSPS) is 17.8. The Morgan fingerprint density at radius 3 is 2.32 bits per heavy atom. The zero-order valence-electron chi connectivity index (χ0n) is 10.9. The number of alkyl halides is 3. The van der Waals surface area contributed by atoms with Gasteiger partial charge in [-0.3, -0.25) is 4.90 Å². The highest BCUT2D eigenvalue weighted by Crippen LogP contribution is 2.23. The van der Waals surface area contributed by atoms with Crippen LogP contribution in [0.3, 0.4) is 0 Å². The van der Waals surface area contributed by atoms with Crippen molar-refractivity contribution in [2.24, 2.45) is 0 Å². The summed E-state index contributed by atoms with van der Waals surface area (Å²) in [5.74, 6) is 0. The highest BCUT2D eigenvalue weighted by Gasteiger charge is 2.32. The first kappa shape index (κ1) is 14.0. The van der Waals surface area contributed by atoms with Gasteiger partial charge in [0.2, 0.25) is 0 Å². The molecule has 106 valence electrons. The van der Waals surface area contributed by atoms with E-state index in [1.165, 1.54) is 4.90 Å². The molecular formula is C13H18F3N3. The van der Waals surface area contributed by atoms with Gasteiger partial charge >= 0.3 is 6.18 Å². The van der Waals surface area contributed by atoms with Crippen LogP contribution >= 0.6 is 0 Å². The highest BCUT2D eigenvalue weighted by atomic mass is 19.4. The van der Waals surface area contributed by atoms with Gasteiger partial charge in [0.25, 0.3) is 0 Å². The molecule has 19 heavy (non-hydrogen) atoms. The van der Waals surface area contributed by atoms with Crippen molar-refractivity contribution in [1.82, 2.24) is 4.90 Å². The first-order valence-electron chi connectivity index (χ1n) is 6.25. The standard InChI is InChI=1S/C13H18F3N3/c1-10-8-11(2-3-12(10)17)19-6-4-18(5-7-19)9-13(14,15)16/h2-3,8H,4-7,9,17H2,1H3. The summed E-state index contributed by atoms with van der Waals surface area (Å²) in [6, 6.07) is 5.74. The third-order valence-electron chi connectivity index (χ3n) is 3.39. The number of nitrogens with zero attached hydrogens (tertiary/aromatic N) is 2. The molecule has 6 heteroatoms. The van der Waals surface area contributed by atoms with E-state index in [2.05, 4.69) is 4.90 Å². The Morgan fingerprint density at radius 2 is 1.79 bits per heavy atom. The molecule has 0 amide bonds. The zero-order valence-corrected chi connectivity index (χ0v) is 10.9. The number of rotatable bonds is 2. The van der Waals surface area contributed by atoms with Gasteiger partial charge in [-0.15, -0.1) is 0 Å². The van der Waals surface area contributed by atoms with E-state index in [0.717, 1.165) is 16.9 Å². The minimum Gasteiger partial charge on any atom is -0.399 e. The average molecular weight is 273 g/mol. The highest BCUT2D eigenvalue weighted by molar-refractivity contribution is 5.58. The largest absolute Gasteiger partial charge is 0.401 e. The second-order valence-corrected chi connectivity index (χ2v) is 4.92. The van der Waals surface area contributed by atoms with Crippen LogP contribution in [0.2, 0.25) is 0 Å². The van der Waals surface area contributed by atoms with Crippen LogP contribution in [0.5, 0.6) is 0 Å². The van der Waals surface area contributed by atoms with Crippen molar-refractivity contribution in [3.05, 3.63) is 23.8 Å². The predicted octanol–water partition coefficient (Wildman–Crippen LogP) is 2.26. The molecule has 0 spiro atoms.